The van der Waals surface area contributed by atoms with Crippen LogP contribution in [0, 0.1) is 5.82 Å². The molecule has 1 rings (SSSR count). The summed E-state index contributed by atoms with van der Waals surface area (Å²) in [6.07, 6.45) is 0.964. The normalized spacial score (nSPS) is 10.7. The van der Waals surface area contributed by atoms with Gasteiger partial charge in [-0.15, -0.1) is 0 Å². The maximum atomic E-state index is 13.7. The van der Waals surface area contributed by atoms with Crippen molar-refractivity contribution in [3.05, 3.63) is 29.6 Å². The molecule has 0 unspecified atom stereocenters. The Labute approximate surface area is 102 Å². The summed E-state index contributed by atoms with van der Waals surface area (Å²) in [5, 5.41) is 0. The number of rotatable bonds is 5. The zero-order valence-corrected chi connectivity index (χ0v) is 11.0. The van der Waals surface area contributed by atoms with Crippen molar-refractivity contribution in [1.82, 2.24) is 0 Å². The fraction of sp³-hybridized carbons (Fsp3) is 0.500. The van der Waals surface area contributed by atoms with Gasteiger partial charge >= 0.3 is 0 Å². The number of nitrogens with zero attached hydrogens (tertiary/aromatic N) is 1. The Morgan fingerprint density at radius 1 is 1.41 bits per heavy atom. The molecule has 2 nitrogen and oxygen atoms in total. The van der Waals surface area contributed by atoms with Crippen LogP contribution in [0.4, 0.5) is 10.1 Å². The SMILES string of the molecule is CCCN(c1cccc(F)c1C(C)=O)C(C)C. The summed E-state index contributed by atoms with van der Waals surface area (Å²) < 4.78 is 13.7. The second-order valence-electron chi connectivity index (χ2n) is 4.48. The van der Waals surface area contributed by atoms with Gasteiger partial charge in [-0.2, -0.15) is 0 Å². The van der Waals surface area contributed by atoms with Crippen molar-refractivity contribution in [2.45, 2.75) is 40.2 Å². The molecule has 1 aromatic rings. The third-order valence-corrected chi connectivity index (χ3v) is 2.74. The fourth-order valence-corrected chi connectivity index (χ4v) is 2.00. The van der Waals surface area contributed by atoms with Gasteiger partial charge in [0.15, 0.2) is 5.78 Å². The highest BCUT2D eigenvalue weighted by Gasteiger charge is 2.19. The molecule has 17 heavy (non-hydrogen) atoms. The molecule has 0 saturated heterocycles. The highest BCUT2D eigenvalue weighted by atomic mass is 19.1. The first kappa shape index (κ1) is 13.7. The molecule has 0 fully saturated rings. The monoisotopic (exact) mass is 237 g/mol. The van der Waals surface area contributed by atoms with Crippen molar-refractivity contribution in [3.8, 4) is 0 Å². The molecule has 0 radical (unpaired) electrons. The summed E-state index contributed by atoms with van der Waals surface area (Å²) in [7, 11) is 0. The van der Waals surface area contributed by atoms with Crippen molar-refractivity contribution in [2.24, 2.45) is 0 Å². The lowest BCUT2D eigenvalue weighted by Gasteiger charge is -2.30. The van der Waals surface area contributed by atoms with Crippen molar-refractivity contribution >= 4 is 11.5 Å². The fourth-order valence-electron chi connectivity index (χ4n) is 2.00. The quantitative estimate of drug-likeness (QED) is 0.728. The minimum Gasteiger partial charge on any atom is -0.368 e. The molecule has 0 aliphatic carbocycles. The highest BCUT2D eigenvalue weighted by Crippen LogP contribution is 2.25. The van der Waals surface area contributed by atoms with Gasteiger partial charge in [0.1, 0.15) is 5.82 Å². The first-order valence-corrected chi connectivity index (χ1v) is 6.05. The van der Waals surface area contributed by atoms with Crippen molar-refractivity contribution in [1.29, 1.82) is 0 Å². The molecule has 0 heterocycles. The standard InChI is InChI=1S/C14H20FNO/c1-5-9-16(10(2)3)13-8-6-7-12(15)14(13)11(4)17/h6-8,10H,5,9H2,1-4H3. The number of halogens is 1. The lowest BCUT2D eigenvalue weighted by atomic mass is 10.1. The van der Waals surface area contributed by atoms with Crippen LogP contribution in [-0.2, 0) is 0 Å². The number of carbonyl (C=O) groups excluding carboxylic acids is 1. The van der Waals surface area contributed by atoms with E-state index in [-0.39, 0.29) is 17.4 Å². The van der Waals surface area contributed by atoms with Crippen LogP contribution in [0.25, 0.3) is 0 Å². The summed E-state index contributed by atoms with van der Waals surface area (Å²) in [6, 6.07) is 5.05. The number of hydrogen-bond donors (Lipinski definition) is 0. The minimum absolute atomic E-state index is 0.203. The lowest BCUT2D eigenvalue weighted by molar-refractivity contribution is 0.101. The molecule has 0 aliphatic rings. The number of carbonyl (C=O) groups is 1. The molecule has 0 aliphatic heterocycles. The van der Waals surface area contributed by atoms with E-state index in [1.165, 1.54) is 13.0 Å². The van der Waals surface area contributed by atoms with Gasteiger partial charge in [0.25, 0.3) is 0 Å². The Kier molecular flexibility index (Phi) is 4.67. The van der Waals surface area contributed by atoms with Crippen LogP contribution in [0.5, 0.6) is 0 Å². The number of hydrogen-bond acceptors (Lipinski definition) is 2. The molecule has 3 heteroatoms. The molecule has 0 N–H and O–H groups in total. The van der Waals surface area contributed by atoms with Crippen molar-refractivity contribution in [3.63, 3.8) is 0 Å². The molecule has 0 saturated carbocycles. The first-order valence-electron chi connectivity index (χ1n) is 6.05. The maximum Gasteiger partial charge on any atom is 0.164 e. The summed E-state index contributed by atoms with van der Waals surface area (Å²) >= 11 is 0. The average molecular weight is 237 g/mol. The summed E-state index contributed by atoms with van der Waals surface area (Å²) in [4.78, 5) is 13.6. The second kappa shape index (κ2) is 5.80. The van der Waals surface area contributed by atoms with E-state index in [0.29, 0.717) is 5.69 Å². The van der Waals surface area contributed by atoms with Gasteiger partial charge in [0.2, 0.25) is 0 Å². The first-order chi connectivity index (χ1) is 7.99. The Bertz CT molecular complexity index is 401. The van der Waals surface area contributed by atoms with Gasteiger partial charge in [-0.25, -0.2) is 4.39 Å². The third kappa shape index (κ3) is 3.05. The Morgan fingerprint density at radius 3 is 2.53 bits per heavy atom. The predicted octanol–water partition coefficient (Wildman–Crippen LogP) is 3.65. The molecule has 0 spiro atoms. The zero-order chi connectivity index (χ0) is 13.0. The summed E-state index contributed by atoms with van der Waals surface area (Å²) in [5.41, 5.74) is 0.906. The van der Waals surface area contributed by atoms with E-state index in [9.17, 15) is 9.18 Å². The van der Waals surface area contributed by atoms with Crippen LogP contribution in [0.3, 0.4) is 0 Å². The smallest absolute Gasteiger partial charge is 0.164 e. The van der Waals surface area contributed by atoms with Crippen LogP contribution in [0.1, 0.15) is 44.5 Å². The van der Waals surface area contributed by atoms with Gasteiger partial charge in [-0.1, -0.05) is 13.0 Å². The maximum absolute atomic E-state index is 13.7. The van der Waals surface area contributed by atoms with Crippen LogP contribution in [0.2, 0.25) is 0 Å². The molecule has 1 aromatic carbocycles. The van der Waals surface area contributed by atoms with E-state index in [4.69, 9.17) is 0 Å². The van der Waals surface area contributed by atoms with E-state index in [2.05, 4.69) is 11.8 Å². The molecule has 0 amide bonds. The van der Waals surface area contributed by atoms with Crippen molar-refractivity contribution in [2.75, 3.05) is 11.4 Å². The summed E-state index contributed by atoms with van der Waals surface area (Å²) in [5.74, 6) is -0.656. The lowest BCUT2D eigenvalue weighted by Crippen LogP contribution is -2.32. The Hall–Kier alpha value is -1.38. The number of ketones is 1. The molecule has 0 aromatic heterocycles. The van der Waals surface area contributed by atoms with Crippen LogP contribution >= 0.6 is 0 Å². The molecular weight excluding hydrogens is 217 g/mol. The molecule has 0 bridgehead atoms. The van der Waals surface area contributed by atoms with E-state index >= 15 is 0 Å². The number of anilines is 1. The average Bonchev–Trinajstić information content (AvgIpc) is 2.24. The molecule has 0 atom stereocenters. The van der Waals surface area contributed by atoms with Gasteiger partial charge in [-0.3, -0.25) is 4.79 Å². The minimum atomic E-state index is -0.434. The van der Waals surface area contributed by atoms with E-state index in [0.717, 1.165) is 13.0 Å². The van der Waals surface area contributed by atoms with E-state index < -0.39 is 5.82 Å². The molecular formula is C14H20FNO. The van der Waals surface area contributed by atoms with Gasteiger partial charge in [-0.05, 0) is 39.3 Å². The van der Waals surface area contributed by atoms with E-state index in [1.807, 2.05) is 19.9 Å². The van der Waals surface area contributed by atoms with Gasteiger partial charge in [0.05, 0.1) is 11.3 Å². The highest BCUT2D eigenvalue weighted by molar-refractivity contribution is 6.00. The Morgan fingerprint density at radius 2 is 2.06 bits per heavy atom. The van der Waals surface area contributed by atoms with E-state index in [1.54, 1.807) is 6.07 Å². The van der Waals surface area contributed by atoms with Crippen LogP contribution in [-0.4, -0.2) is 18.4 Å². The number of benzene rings is 1. The third-order valence-electron chi connectivity index (χ3n) is 2.74. The zero-order valence-electron chi connectivity index (χ0n) is 11.0. The Balaban J connectivity index is 3.27. The van der Waals surface area contributed by atoms with Crippen LogP contribution < -0.4 is 4.90 Å². The van der Waals surface area contributed by atoms with Gasteiger partial charge in [0, 0.05) is 12.6 Å². The second-order valence-corrected chi connectivity index (χ2v) is 4.48. The topological polar surface area (TPSA) is 20.3 Å². The molecule has 94 valence electrons. The largest absolute Gasteiger partial charge is 0.368 e. The van der Waals surface area contributed by atoms with Gasteiger partial charge < -0.3 is 4.90 Å². The number of Topliss-reactive ketones (excluding diaryl/α,β-unsaturated/α-hetero) is 1. The summed E-state index contributed by atoms with van der Waals surface area (Å²) in [6.45, 7) is 8.39. The predicted molar refractivity (Wildman–Crippen MR) is 69.2 cm³/mol. The van der Waals surface area contributed by atoms with Crippen molar-refractivity contribution < 1.29 is 9.18 Å². The van der Waals surface area contributed by atoms with Crippen LogP contribution in [0.15, 0.2) is 18.2 Å².